The highest BCUT2D eigenvalue weighted by Gasteiger charge is 2.47. The van der Waals surface area contributed by atoms with E-state index in [1.807, 2.05) is 0 Å². The van der Waals surface area contributed by atoms with Crippen LogP contribution in [-0.2, 0) is 10.4 Å². The van der Waals surface area contributed by atoms with Crippen LogP contribution in [0.15, 0.2) is 23.7 Å². The third kappa shape index (κ3) is 1.66. The highest BCUT2D eigenvalue weighted by Crippen LogP contribution is 2.45. The number of fused-ring (bicyclic) bond motifs is 1. The van der Waals surface area contributed by atoms with Crippen LogP contribution in [0.5, 0.6) is 0 Å². The quantitative estimate of drug-likeness (QED) is 0.916. The molecule has 3 rings (SSSR count). The number of anilines is 1. The number of β-amino-alcohol motifs (C(OH)–C–C–N with tert-alkyl or cyclic N) is 1. The minimum atomic E-state index is -1.49. The van der Waals surface area contributed by atoms with Gasteiger partial charge >= 0.3 is 0 Å². The van der Waals surface area contributed by atoms with Crippen LogP contribution >= 0.6 is 11.3 Å². The van der Waals surface area contributed by atoms with Gasteiger partial charge in [0.25, 0.3) is 0 Å². The number of hydrogen-bond donors (Lipinski definition) is 1. The molecule has 1 aromatic carbocycles. The average molecular weight is 284 g/mol. The Morgan fingerprint density at radius 1 is 1.47 bits per heavy atom. The summed E-state index contributed by atoms with van der Waals surface area (Å²) in [5, 5.41) is 14.0. The van der Waals surface area contributed by atoms with Crippen LogP contribution in [0.4, 0.5) is 14.5 Å². The molecule has 7 heteroatoms. The van der Waals surface area contributed by atoms with Crippen LogP contribution in [0, 0.1) is 11.6 Å². The van der Waals surface area contributed by atoms with Crippen molar-refractivity contribution in [3.63, 3.8) is 0 Å². The lowest BCUT2D eigenvalue weighted by molar-refractivity contribution is 0.0654. The van der Waals surface area contributed by atoms with Crippen molar-refractivity contribution in [2.75, 3.05) is 18.7 Å². The van der Waals surface area contributed by atoms with Crippen molar-refractivity contribution in [1.29, 1.82) is 0 Å². The van der Waals surface area contributed by atoms with E-state index in [9.17, 15) is 13.9 Å². The molecule has 2 aromatic rings. The molecule has 0 aliphatic carbocycles. The molecule has 0 fully saturated rings. The second kappa shape index (κ2) is 4.22. The van der Waals surface area contributed by atoms with E-state index in [4.69, 9.17) is 4.84 Å². The Morgan fingerprint density at radius 3 is 2.89 bits per heavy atom. The largest absolute Gasteiger partial charge is 0.376 e. The molecule has 1 unspecified atom stereocenters. The normalized spacial score (nSPS) is 21.8. The fraction of sp³-hybridized carbons (Fsp3) is 0.250. The molecule has 0 radical (unpaired) electrons. The van der Waals surface area contributed by atoms with Crippen molar-refractivity contribution in [1.82, 2.24) is 4.98 Å². The Morgan fingerprint density at radius 2 is 2.26 bits per heavy atom. The average Bonchev–Trinajstić information content (AvgIpc) is 3.01. The van der Waals surface area contributed by atoms with Gasteiger partial charge in [-0.3, -0.25) is 4.84 Å². The first-order valence-corrected chi connectivity index (χ1v) is 6.38. The standard InChI is InChI=1S/C12H10F2N2O2S/c1-18-16-6-12(17,11-15-4-5-19-11)7-2-3-8(13)9(14)10(7)16/h2-5,17H,6H2,1H3. The highest BCUT2D eigenvalue weighted by atomic mass is 32.1. The van der Waals surface area contributed by atoms with E-state index < -0.39 is 17.2 Å². The molecule has 0 amide bonds. The van der Waals surface area contributed by atoms with E-state index in [-0.39, 0.29) is 17.8 Å². The summed E-state index contributed by atoms with van der Waals surface area (Å²) in [6.07, 6.45) is 1.55. The fourth-order valence-electron chi connectivity index (χ4n) is 2.26. The van der Waals surface area contributed by atoms with E-state index >= 15 is 0 Å². The lowest BCUT2D eigenvalue weighted by atomic mass is 9.96. The molecule has 0 spiro atoms. The summed E-state index contributed by atoms with van der Waals surface area (Å²) in [5.41, 5.74) is -1.32. The van der Waals surface area contributed by atoms with Gasteiger partial charge in [0.05, 0.1) is 13.7 Å². The van der Waals surface area contributed by atoms with Gasteiger partial charge in [-0.25, -0.2) is 18.8 Å². The minimum Gasteiger partial charge on any atom is -0.376 e. The van der Waals surface area contributed by atoms with E-state index in [0.29, 0.717) is 5.01 Å². The van der Waals surface area contributed by atoms with Gasteiger partial charge in [-0.1, -0.05) is 6.07 Å². The molecular weight excluding hydrogens is 274 g/mol. The second-order valence-corrected chi connectivity index (χ2v) is 5.07. The Balaban J connectivity index is 2.23. The summed E-state index contributed by atoms with van der Waals surface area (Å²) in [6.45, 7) is -0.0350. The molecule has 0 bridgehead atoms. The summed E-state index contributed by atoms with van der Waals surface area (Å²) >= 11 is 1.25. The van der Waals surface area contributed by atoms with Gasteiger partial charge in [-0.15, -0.1) is 11.3 Å². The van der Waals surface area contributed by atoms with Crippen molar-refractivity contribution in [3.8, 4) is 0 Å². The SMILES string of the molecule is CON1CC(O)(c2nccs2)c2ccc(F)c(F)c21. The van der Waals surface area contributed by atoms with Gasteiger partial charge in [0.15, 0.2) is 17.2 Å². The van der Waals surface area contributed by atoms with E-state index in [1.54, 1.807) is 11.6 Å². The molecule has 1 atom stereocenters. The third-order valence-electron chi connectivity index (χ3n) is 3.14. The molecule has 100 valence electrons. The Bertz CT molecular complexity index is 620. The van der Waals surface area contributed by atoms with Crippen molar-refractivity contribution in [2.45, 2.75) is 5.60 Å². The van der Waals surface area contributed by atoms with Crippen LogP contribution in [-0.4, -0.2) is 23.7 Å². The number of benzene rings is 1. The van der Waals surface area contributed by atoms with Gasteiger partial charge in [0.2, 0.25) is 0 Å². The van der Waals surface area contributed by atoms with Crippen LogP contribution < -0.4 is 5.06 Å². The smallest absolute Gasteiger partial charge is 0.184 e. The van der Waals surface area contributed by atoms with Crippen LogP contribution in [0.3, 0.4) is 0 Å². The molecule has 4 nitrogen and oxygen atoms in total. The van der Waals surface area contributed by atoms with Gasteiger partial charge < -0.3 is 5.11 Å². The van der Waals surface area contributed by atoms with Crippen molar-refractivity contribution >= 4 is 17.0 Å². The topological polar surface area (TPSA) is 45.6 Å². The van der Waals surface area contributed by atoms with E-state index in [1.165, 1.54) is 24.5 Å². The molecule has 19 heavy (non-hydrogen) atoms. The summed E-state index contributed by atoms with van der Waals surface area (Å²) in [6, 6.07) is 2.35. The maximum Gasteiger partial charge on any atom is 0.184 e. The maximum absolute atomic E-state index is 13.9. The first kappa shape index (κ1) is 12.5. The number of rotatable bonds is 2. The van der Waals surface area contributed by atoms with E-state index in [0.717, 1.165) is 11.1 Å². The monoisotopic (exact) mass is 284 g/mol. The van der Waals surface area contributed by atoms with Crippen LogP contribution in [0.25, 0.3) is 0 Å². The molecule has 1 aliphatic heterocycles. The molecule has 1 aliphatic rings. The highest BCUT2D eigenvalue weighted by molar-refractivity contribution is 7.09. The number of hydroxylamine groups is 1. The first-order valence-electron chi connectivity index (χ1n) is 5.50. The predicted octanol–water partition coefficient (Wildman–Crippen LogP) is 2.04. The molecular formula is C12H10F2N2O2S. The molecule has 0 saturated heterocycles. The van der Waals surface area contributed by atoms with Gasteiger partial charge in [0.1, 0.15) is 10.7 Å². The zero-order chi connectivity index (χ0) is 13.6. The lowest BCUT2D eigenvalue weighted by Crippen LogP contribution is -2.33. The van der Waals surface area contributed by atoms with Crippen molar-refractivity contribution < 1.29 is 18.7 Å². The predicted molar refractivity (Wildman–Crippen MR) is 65.8 cm³/mol. The third-order valence-corrected chi connectivity index (χ3v) is 4.07. The van der Waals surface area contributed by atoms with Crippen LogP contribution in [0.2, 0.25) is 0 Å². The Kier molecular flexibility index (Phi) is 2.77. The molecule has 1 N–H and O–H groups in total. The number of nitrogens with zero attached hydrogens (tertiary/aromatic N) is 2. The Hall–Kier alpha value is -1.57. The zero-order valence-corrected chi connectivity index (χ0v) is 10.7. The van der Waals surface area contributed by atoms with Crippen LogP contribution in [0.1, 0.15) is 10.6 Å². The van der Waals surface area contributed by atoms with Crippen molar-refractivity contribution in [3.05, 3.63) is 45.9 Å². The molecule has 2 heterocycles. The maximum atomic E-state index is 13.9. The van der Waals surface area contributed by atoms with Gasteiger partial charge in [-0.2, -0.15) is 0 Å². The first-order chi connectivity index (χ1) is 9.08. The van der Waals surface area contributed by atoms with Crippen molar-refractivity contribution in [2.24, 2.45) is 0 Å². The summed E-state index contributed by atoms with van der Waals surface area (Å²) in [7, 11) is 1.34. The van der Waals surface area contributed by atoms with E-state index in [2.05, 4.69) is 4.98 Å². The molecule has 1 aromatic heterocycles. The summed E-state index contributed by atoms with van der Waals surface area (Å²) in [4.78, 5) is 9.07. The summed E-state index contributed by atoms with van der Waals surface area (Å²) < 4.78 is 27.2. The number of halogens is 2. The number of aromatic nitrogens is 1. The number of aliphatic hydroxyl groups is 1. The Labute approximate surface area is 111 Å². The summed E-state index contributed by atoms with van der Waals surface area (Å²) in [5.74, 6) is -2.02. The minimum absolute atomic E-state index is 0.0350. The number of thiazole rings is 1. The molecule has 0 saturated carbocycles. The number of hydrogen-bond acceptors (Lipinski definition) is 5. The van der Waals surface area contributed by atoms with Gasteiger partial charge in [0, 0.05) is 17.1 Å². The second-order valence-electron chi connectivity index (χ2n) is 4.17. The fourth-order valence-corrected chi connectivity index (χ4v) is 3.00. The van der Waals surface area contributed by atoms with Gasteiger partial charge in [-0.05, 0) is 6.07 Å². The lowest BCUT2D eigenvalue weighted by Gasteiger charge is -2.21. The zero-order valence-electron chi connectivity index (χ0n) is 9.93.